The van der Waals surface area contributed by atoms with E-state index in [-0.39, 0.29) is 5.13 Å². The molecule has 23 heavy (non-hydrogen) atoms. The highest BCUT2D eigenvalue weighted by atomic mass is 32.1. The number of carboxylic acid groups (broad SMARTS) is 1. The molecular formula is C13H11F3N2O4S. The SMILES string of the molecule is COc1ccc(OC)c(Nc2nc(C(F)(F)F)c(C(=O)O)s2)c1. The van der Waals surface area contributed by atoms with Crippen molar-refractivity contribution in [2.24, 2.45) is 0 Å². The van der Waals surface area contributed by atoms with Crippen molar-refractivity contribution < 1.29 is 32.5 Å². The predicted octanol–water partition coefficient (Wildman–Crippen LogP) is 3.62. The van der Waals surface area contributed by atoms with Crippen LogP contribution in [-0.4, -0.2) is 30.3 Å². The molecule has 0 saturated carbocycles. The van der Waals surface area contributed by atoms with Crippen LogP contribution in [0.3, 0.4) is 0 Å². The van der Waals surface area contributed by atoms with Crippen molar-refractivity contribution >= 4 is 28.1 Å². The minimum Gasteiger partial charge on any atom is -0.497 e. The zero-order chi connectivity index (χ0) is 17.2. The Labute approximate surface area is 132 Å². The first-order valence-corrected chi connectivity index (χ1v) is 6.88. The number of hydrogen-bond acceptors (Lipinski definition) is 6. The lowest BCUT2D eigenvalue weighted by atomic mass is 10.2. The standard InChI is InChI=1S/C13H11F3N2O4S/c1-21-6-3-4-8(22-2)7(5-6)17-12-18-10(13(14,15)16)9(23-12)11(19)20/h3-5H,1-2H3,(H,17,18)(H,19,20). The van der Waals surface area contributed by atoms with Gasteiger partial charge in [-0.1, -0.05) is 11.3 Å². The highest BCUT2D eigenvalue weighted by Crippen LogP contribution is 2.38. The maximum absolute atomic E-state index is 12.8. The third-order valence-corrected chi connectivity index (χ3v) is 3.70. The van der Waals surface area contributed by atoms with Crippen LogP contribution in [0.5, 0.6) is 11.5 Å². The first-order valence-electron chi connectivity index (χ1n) is 6.06. The third-order valence-electron chi connectivity index (χ3n) is 2.74. The minimum atomic E-state index is -4.86. The molecule has 1 heterocycles. The Balaban J connectivity index is 2.43. The highest BCUT2D eigenvalue weighted by molar-refractivity contribution is 7.17. The van der Waals surface area contributed by atoms with Crippen LogP contribution in [0.15, 0.2) is 18.2 Å². The fourth-order valence-electron chi connectivity index (χ4n) is 1.74. The van der Waals surface area contributed by atoms with Gasteiger partial charge in [0, 0.05) is 6.07 Å². The molecular weight excluding hydrogens is 337 g/mol. The second-order valence-electron chi connectivity index (χ2n) is 4.19. The number of aromatic carboxylic acids is 1. The zero-order valence-electron chi connectivity index (χ0n) is 11.9. The van der Waals surface area contributed by atoms with Gasteiger partial charge in [0.15, 0.2) is 10.8 Å². The molecule has 0 unspecified atom stereocenters. The summed E-state index contributed by atoms with van der Waals surface area (Å²) >= 11 is 0.384. The molecule has 0 aliphatic carbocycles. The number of thiazole rings is 1. The number of halogens is 3. The van der Waals surface area contributed by atoms with E-state index in [1.165, 1.54) is 20.3 Å². The maximum atomic E-state index is 12.8. The van der Waals surface area contributed by atoms with E-state index in [1.54, 1.807) is 12.1 Å². The number of ether oxygens (including phenoxy) is 2. The van der Waals surface area contributed by atoms with Crippen molar-refractivity contribution in [3.05, 3.63) is 28.8 Å². The van der Waals surface area contributed by atoms with E-state index < -0.39 is 22.7 Å². The number of methoxy groups -OCH3 is 2. The minimum absolute atomic E-state index is 0.221. The van der Waals surface area contributed by atoms with Crippen molar-refractivity contribution in [2.45, 2.75) is 6.18 Å². The molecule has 0 atom stereocenters. The number of carbonyl (C=O) groups is 1. The molecule has 0 saturated heterocycles. The number of carboxylic acids is 1. The van der Waals surface area contributed by atoms with Gasteiger partial charge < -0.3 is 19.9 Å². The quantitative estimate of drug-likeness (QED) is 0.859. The first-order chi connectivity index (χ1) is 10.8. The molecule has 0 bridgehead atoms. The van der Waals surface area contributed by atoms with Crippen molar-refractivity contribution in [1.29, 1.82) is 0 Å². The molecule has 2 rings (SSSR count). The summed E-state index contributed by atoms with van der Waals surface area (Å²) in [7, 11) is 2.82. The molecule has 0 radical (unpaired) electrons. The second-order valence-corrected chi connectivity index (χ2v) is 5.19. The van der Waals surface area contributed by atoms with Crippen LogP contribution in [0.25, 0.3) is 0 Å². The van der Waals surface area contributed by atoms with E-state index in [0.29, 0.717) is 28.5 Å². The van der Waals surface area contributed by atoms with Gasteiger partial charge in [-0.3, -0.25) is 0 Å². The number of rotatable bonds is 5. The van der Waals surface area contributed by atoms with Crippen molar-refractivity contribution in [3.8, 4) is 11.5 Å². The molecule has 6 nitrogen and oxygen atoms in total. The van der Waals surface area contributed by atoms with Gasteiger partial charge in [-0.2, -0.15) is 13.2 Å². The summed E-state index contributed by atoms with van der Waals surface area (Å²) < 4.78 is 48.6. The maximum Gasteiger partial charge on any atom is 0.435 e. The lowest BCUT2D eigenvalue weighted by Crippen LogP contribution is -2.11. The number of nitrogens with one attached hydrogen (secondary N) is 1. The van der Waals surface area contributed by atoms with Gasteiger partial charge in [0.2, 0.25) is 0 Å². The molecule has 0 spiro atoms. The third kappa shape index (κ3) is 3.65. The summed E-state index contributed by atoms with van der Waals surface area (Å²) in [5.41, 5.74) is -1.15. The van der Waals surface area contributed by atoms with Gasteiger partial charge in [0.25, 0.3) is 0 Å². The van der Waals surface area contributed by atoms with E-state index in [2.05, 4.69) is 10.3 Å². The summed E-state index contributed by atoms with van der Waals surface area (Å²) in [6, 6.07) is 4.65. The van der Waals surface area contributed by atoms with Crippen LogP contribution >= 0.6 is 11.3 Å². The number of hydrogen-bond donors (Lipinski definition) is 2. The molecule has 1 aromatic carbocycles. The lowest BCUT2D eigenvalue weighted by molar-refractivity contribution is -0.141. The molecule has 1 aromatic heterocycles. The number of anilines is 2. The zero-order valence-corrected chi connectivity index (χ0v) is 12.7. The molecule has 0 aliphatic rings. The van der Waals surface area contributed by atoms with Crippen LogP contribution in [0.4, 0.5) is 24.0 Å². The summed E-state index contributed by atoms with van der Waals surface area (Å²) in [4.78, 5) is 13.4. The average molecular weight is 348 g/mol. The summed E-state index contributed by atoms with van der Waals surface area (Å²) in [5.74, 6) is -0.911. The van der Waals surface area contributed by atoms with Crippen molar-refractivity contribution in [3.63, 3.8) is 0 Å². The predicted molar refractivity (Wildman–Crippen MR) is 76.9 cm³/mol. The van der Waals surface area contributed by atoms with Crippen LogP contribution in [0.1, 0.15) is 15.4 Å². The molecule has 0 aliphatic heterocycles. The number of alkyl halides is 3. The molecule has 124 valence electrons. The normalized spacial score (nSPS) is 11.2. The number of nitrogens with zero attached hydrogens (tertiary/aromatic N) is 1. The summed E-state index contributed by atoms with van der Waals surface area (Å²) in [6.45, 7) is 0. The van der Waals surface area contributed by atoms with Crippen LogP contribution in [0, 0.1) is 0 Å². The summed E-state index contributed by atoms with van der Waals surface area (Å²) in [5, 5.41) is 11.3. The largest absolute Gasteiger partial charge is 0.497 e. The van der Waals surface area contributed by atoms with Crippen LogP contribution < -0.4 is 14.8 Å². The Kier molecular flexibility index (Phi) is 4.64. The molecule has 0 amide bonds. The molecule has 2 aromatic rings. The topological polar surface area (TPSA) is 80.7 Å². The Morgan fingerprint density at radius 3 is 2.48 bits per heavy atom. The van der Waals surface area contributed by atoms with Crippen LogP contribution in [-0.2, 0) is 6.18 Å². The van der Waals surface area contributed by atoms with Gasteiger partial charge in [0.1, 0.15) is 16.4 Å². The molecule has 2 N–H and O–H groups in total. The molecule has 10 heteroatoms. The van der Waals surface area contributed by atoms with E-state index >= 15 is 0 Å². The lowest BCUT2D eigenvalue weighted by Gasteiger charge is -2.10. The van der Waals surface area contributed by atoms with Gasteiger partial charge >= 0.3 is 12.1 Å². The fraction of sp³-hybridized carbons (Fsp3) is 0.231. The second kappa shape index (κ2) is 6.32. The fourth-order valence-corrected chi connectivity index (χ4v) is 2.57. The van der Waals surface area contributed by atoms with Gasteiger partial charge in [-0.05, 0) is 12.1 Å². The Hall–Kier alpha value is -2.49. The smallest absolute Gasteiger partial charge is 0.435 e. The van der Waals surface area contributed by atoms with Crippen molar-refractivity contribution in [1.82, 2.24) is 4.98 Å². The number of aromatic nitrogens is 1. The molecule has 0 fully saturated rings. The summed E-state index contributed by atoms with van der Waals surface area (Å²) in [6.07, 6.45) is -4.86. The van der Waals surface area contributed by atoms with E-state index in [9.17, 15) is 18.0 Å². The Morgan fingerprint density at radius 1 is 1.30 bits per heavy atom. The van der Waals surface area contributed by atoms with E-state index in [4.69, 9.17) is 14.6 Å². The van der Waals surface area contributed by atoms with Gasteiger partial charge in [-0.15, -0.1) is 0 Å². The first kappa shape index (κ1) is 16.9. The Bertz CT molecular complexity index is 730. The van der Waals surface area contributed by atoms with E-state index in [1.807, 2.05) is 0 Å². The van der Waals surface area contributed by atoms with Gasteiger partial charge in [-0.25, -0.2) is 9.78 Å². The highest BCUT2D eigenvalue weighted by Gasteiger charge is 2.39. The van der Waals surface area contributed by atoms with E-state index in [0.717, 1.165) is 0 Å². The monoisotopic (exact) mass is 348 g/mol. The Morgan fingerprint density at radius 2 is 2.00 bits per heavy atom. The number of benzene rings is 1. The van der Waals surface area contributed by atoms with Crippen molar-refractivity contribution in [2.75, 3.05) is 19.5 Å². The van der Waals surface area contributed by atoms with Crippen LogP contribution in [0.2, 0.25) is 0 Å². The van der Waals surface area contributed by atoms with Gasteiger partial charge in [0.05, 0.1) is 19.9 Å². The average Bonchev–Trinajstić information content (AvgIpc) is 2.91.